The number of halogens is 1. The normalized spacial score (nSPS) is 14.4. The largest absolute Gasteiger partial charge is 0.403 e. The van der Waals surface area contributed by atoms with Crippen molar-refractivity contribution in [1.29, 1.82) is 10.5 Å². The van der Waals surface area contributed by atoms with Crippen LogP contribution in [0.25, 0.3) is 16.8 Å². The van der Waals surface area contributed by atoms with Gasteiger partial charge in [0.15, 0.2) is 0 Å². The van der Waals surface area contributed by atoms with Gasteiger partial charge in [-0.3, -0.25) is 0 Å². The second-order valence-electron chi connectivity index (χ2n) is 8.24. The van der Waals surface area contributed by atoms with Gasteiger partial charge in [0.25, 0.3) is 0 Å². The first-order valence-corrected chi connectivity index (χ1v) is 9.89. The zero-order valence-electron chi connectivity index (χ0n) is 17.5. The predicted octanol–water partition coefficient (Wildman–Crippen LogP) is 5.80. The summed E-state index contributed by atoms with van der Waals surface area (Å²) in [6.07, 6.45) is 2.20. The van der Waals surface area contributed by atoms with Gasteiger partial charge in [-0.2, -0.15) is 5.26 Å². The number of hydrogen-bond acceptors (Lipinski definition) is 3. The number of nitrogens with zero attached hydrogens (tertiary/aromatic N) is 3. The van der Waals surface area contributed by atoms with E-state index in [4.69, 9.17) is 0 Å². The summed E-state index contributed by atoms with van der Waals surface area (Å²) in [7, 11) is 0. The quantitative estimate of drug-likeness (QED) is 0.398. The zero-order valence-corrected chi connectivity index (χ0v) is 20.0. The van der Waals surface area contributed by atoms with Gasteiger partial charge in [0.1, 0.15) is 5.67 Å². The second kappa shape index (κ2) is 8.50. The van der Waals surface area contributed by atoms with Crippen molar-refractivity contribution < 1.29 is 4.39 Å². The maximum absolute atomic E-state index is 14.2. The van der Waals surface area contributed by atoms with Crippen LogP contribution in [0.2, 0.25) is 0 Å². The number of benzene rings is 2. The molecule has 0 aliphatic carbocycles. The molecule has 2 aromatic rings. The Hall–Kier alpha value is -4.11. The van der Waals surface area contributed by atoms with Crippen LogP contribution in [0.4, 0.5) is 4.39 Å². The Balaban J connectivity index is 0.00000320. The molecule has 2 aromatic carbocycles. The molecule has 0 aromatic heterocycles. The molecule has 0 amide bonds. The van der Waals surface area contributed by atoms with E-state index in [1.165, 1.54) is 13.8 Å². The Bertz CT molecular complexity index is 964. The van der Waals surface area contributed by atoms with Crippen LogP contribution in [0.1, 0.15) is 55.9 Å². The Labute approximate surface area is 172 Å². The average molecular weight is 638 g/mol. The van der Waals surface area contributed by atoms with E-state index in [2.05, 4.69) is 36.6 Å². The Morgan fingerprint density at radius 3 is 2.27 bits per heavy atom. The fourth-order valence-electron chi connectivity index (χ4n) is 3.69. The first kappa shape index (κ1) is 22.2. The molecule has 0 spiro atoms. The van der Waals surface area contributed by atoms with Gasteiger partial charge in [-0.25, -0.2) is 9.65 Å². The standard InChI is InChI=1S/C25H25FN3.Es/c1-17-9-11-29(12-10-17)18(2)20-13-21(15-27)24(22(14-20)16-28)19-5-7-23(8-6-19)25(3,4)26;/h5-8,13,17H,2,9-12H2,1,3-4H3;/q-1;. The minimum Gasteiger partial charge on any atom is -0.403 e. The van der Waals surface area contributed by atoms with Gasteiger partial charge in [0.05, 0.1) is 6.07 Å². The topological polar surface area (TPSA) is 50.8 Å². The molecular formula is C25H25EsFN3-. The molecule has 1 aliphatic rings. The molecule has 159 valence electrons. The summed E-state index contributed by atoms with van der Waals surface area (Å²) < 4.78 is 14.2. The van der Waals surface area contributed by atoms with Crippen LogP contribution < -0.4 is 0 Å². The van der Waals surface area contributed by atoms with Gasteiger partial charge >= 0.3 is 0 Å². The Kier molecular flexibility index (Phi) is 6.28. The van der Waals surface area contributed by atoms with E-state index in [0.717, 1.165) is 31.6 Å². The fraction of sp³-hybridized carbons (Fsp3) is 0.360. The monoisotopic (exact) mass is 638 g/mol. The summed E-state index contributed by atoms with van der Waals surface area (Å²) in [5, 5.41) is 19.5. The van der Waals surface area contributed by atoms with E-state index in [1.807, 2.05) is 0 Å². The van der Waals surface area contributed by atoms with Gasteiger partial charge in [-0.1, -0.05) is 47.9 Å². The number of likely N-dealkylation sites (tertiary alicyclic amines) is 1. The first-order chi connectivity index (χ1) is 13.7. The summed E-state index contributed by atoms with van der Waals surface area (Å²) in [5.41, 5.74) is 2.50. The first-order valence-electron chi connectivity index (χ1n) is 9.89. The predicted molar refractivity (Wildman–Crippen MR) is 113 cm³/mol. The minimum atomic E-state index is -1.45. The van der Waals surface area contributed by atoms with Crippen molar-refractivity contribution in [1.82, 2.24) is 4.90 Å². The molecule has 0 bridgehead atoms. The molecule has 30 heavy (non-hydrogen) atoms. The average Bonchev–Trinajstić information content (AvgIpc) is 2.72. The molecule has 1 radical (unpaired) electrons. The molecule has 5 heteroatoms. The van der Waals surface area contributed by atoms with Gasteiger partial charge < -0.3 is 4.90 Å². The van der Waals surface area contributed by atoms with E-state index < -0.39 is 5.67 Å². The minimum absolute atomic E-state index is 0. The van der Waals surface area contributed by atoms with Crippen LogP contribution in [-0.2, 0) is 5.67 Å². The SMILES string of the molecule is C=C(c1[c-]c(C#N)c(-c2ccc(C(C)(C)F)cc2)c(C#N)c1)N1CCC(C)CC1.[Es]. The fourth-order valence-corrected chi connectivity index (χ4v) is 3.69. The van der Waals surface area contributed by atoms with Crippen molar-refractivity contribution in [2.75, 3.05) is 13.1 Å². The van der Waals surface area contributed by atoms with Crippen LogP contribution in [-0.4, -0.2) is 18.0 Å². The van der Waals surface area contributed by atoms with E-state index in [9.17, 15) is 14.9 Å². The van der Waals surface area contributed by atoms with Gasteiger partial charge in [0.2, 0.25) is 0 Å². The van der Waals surface area contributed by atoms with Crippen molar-refractivity contribution >= 4 is 5.70 Å². The molecule has 1 heterocycles. The summed E-state index contributed by atoms with van der Waals surface area (Å²) in [5.74, 6) is 0.701. The number of alkyl halides is 1. The third kappa shape index (κ3) is 4.31. The Morgan fingerprint density at radius 1 is 1.17 bits per heavy atom. The zero-order chi connectivity index (χ0) is 21.2. The molecule has 0 atom stereocenters. The number of rotatable bonds is 4. The molecule has 1 saturated heterocycles. The third-order valence-electron chi connectivity index (χ3n) is 5.64. The summed E-state index contributed by atoms with van der Waals surface area (Å²) in [6, 6.07) is 16.2. The van der Waals surface area contributed by atoms with Crippen molar-refractivity contribution in [2.45, 2.75) is 39.3 Å². The van der Waals surface area contributed by atoms with Gasteiger partial charge in [0, 0.05) is 13.1 Å². The van der Waals surface area contributed by atoms with E-state index in [1.54, 1.807) is 30.3 Å². The van der Waals surface area contributed by atoms with Crippen LogP contribution in [0.5, 0.6) is 0 Å². The van der Waals surface area contributed by atoms with E-state index >= 15 is 0 Å². The number of piperidine rings is 1. The third-order valence-corrected chi connectivity index (χ3v) is 5.64. The Morgan fingerprint density at radius 2 is 1.77 bits per heavy atom. The molecule has 3 nitrogen and oxygen atoms in total. The molecular weight excluding hydrogens is 613 g/mol. The maximum Gasteiger partial charge on any atom is 0.130 e. The maximum atomic E-state index is 14.2. The number of hydrogen-bond donors (Lipinski definition) is 0. The van der Waals surface area contributed by atoms with Gasteiger partial charge in [-0.05, 0) is 61.1 Å². The van der Waals surface area contributed by atoms with Crippen molar-refractivity contribution in [3.05, 3.63) is 65.2 Å². The molecule has 0 N–H and O–H groups in total. The second-order valence-corrected chi connectivity index (χ2v) is 8.24. The van der Waals surface area contributed by atoms with E-state index in [0.29, 0.717) is 39.3 Å². The van der Waals surface area contributed by atoms with Crippen LogP contribution >= 0.6 is 0 Å². The smallest absolute Gasteiger partial charge is 0.130 e. The van der Waals surface area contributed by atoms with Crippen LogP contribution in [0.3, 0.4) is 0 Å². The summed E-state index contributed by atoms with van der Waals surface area (Å²) in [6.45, 7) is 11.3. The van der Waals surface area contributed by atoms with Crippen molar-refractivity contribution in [2.24, 2.45) is 5.92 Å². The summed E-state index contributed by atoms with van der Waals surface area (Å²) in [4.78, 5) is 2.20. The van der Waals surface area contributed by atoms with Crippen LogP contribution in [0.15, 0.2) is 36.9 Å². The number of nitriles is 2. The molecule has 1 fully saturated rings. The van der Waals surface area contributed by atoms with Crippen LogP contribution in [0, 0.1) is 34.6 Å². The van der Waals surface area contributed by atoms with Gasteiger partial charge in [-0.15, -0.1) is 18.7 Å². The molecule has 1 aliphatic heterocycles. The molecule has 3 rings (SSSR count). The molecule has 0 saturated carbocycles. The van der Waals surface area contributed by atoms with Crippen molar-refractivity contribution in [3.8, 4) is 23.3 Å². The summed E-state index contributed by atoms with van der Waals surface area (Å²) >= 11 is 0. The van der Waals surface area contributed by atoms with E-state index in [-0.39, 0.29) is 0 Å². The van der Waals surface area contributed by atoms with Crippen molar-refractivity contribution in [3.63, 3.8) is 0 Å². The molecule has 0 unspecified atom stereocenters.